The number of rotatable bonds is 3. The Bertz CT molecular complexity index is 1630. The number of benzene rings is 1. The average Bonchev–Trinajstić information content (AvgIpc) is 3.31. The quantitative estimate of drug-likeness (QED) is 0.403. The Morgan fingerprint density at radius 2 is 1.81 bits per heavy atom. The van der Waals surface area contributed by atoms with Gasteiger partial charge in [-0.2, -0.15) is 13.2 Å². The molecular weight excluding hydrogens is 443 g/mol. The molecule has 0 amide bonds. The van der Waals surface area contributed by atoms with E-state index in [-0.39, 0.29) is 33.5 Å². The number of aryl methyl sites for hydroxylation is 1. The van der Waals surface area contributed by atoms with E-state index in [1.807, 2.05) is 18.2 Å². The molecule has 0 bridgehead atoms. The van der Waals surface area contributed by atoms with Gasteiger partial charge in [-0.3, -0.25) is 4.40 Å². The molecule has 0 aliphatic heterocycles. The van der Waals surface area contributed by atoms with E-state index in [2.05, 4.69) is 15.0 Å². The molecule has 0 radical (unpaired) electrons. The molecule has 4 aromatic heterocycles. The molecule has 5 aromatic rings. The lowest BCUT2D eigenvalue weighted by atomic mass is 10.2. The molecule has 0 N–H and O–H groups in total. The smallest absolute Gasteiger partial charge is 0.310 e. The third kappa shape index (κ3) is 2.95. The fourth-order valence-corrected chi connectivity index (χ4v) is 4.95. The minimum absolute atomic E-state index is 0.000847. The summed E-state index contributed by atoms with van der Waals surface area (Å²) in [6.45, 7) is 1.52. The lowest BCUT2D eigenvalue weighted by Gasteiger charge is -2.08. The molecule has 0 fully saturated rings. The number of nitrogens with zero attached hydrogens (tertiary/aromatic N) is 5. The van der Waals surface area contributed by atoms with Gasteiger partial charge >= 0.3 is 6.18 Å². The summed E-state index contributed by atoms with van der Waals surface area (Å²) in [7, 11) is -2.23. The number of fused-ring (bicyclic) bond motifs is 4. The first kappa shape index (κ1) is 20.4. The van der Waals surface area contributed by atoms with Gasteiger partial charge in [0.15, 0.2) is 26.3 Å². The molecule has 0 spiro atoms. The molecule has 7 nitrogen and oxygen atoms in total. The molecule has 32 heavy (non-hydrogen) atoms. The monoisotopic (exact) mass is 459 g/mol. The van der Waals surface area contributed by atoms with Gasteiger partial charge in [-0.05, 0) is 29.7 Å². The SMILES string of the molecule is CCS(=O)(=O)c1c(-c2nc3cc(C(F)(F)F)cnc3n2C)nc2ccc3ccccc3n12. The van der Waals surface area contributed by atoms with E-state index in [0.717, 1.165) is 17.6 Å². The molecule has 0 saturated heterocycles. The fourth-order valence-electron chi connectivity index (χ4n) is 3.77. The molecule has 164 valence electrons. The number of hydrogen-bond donors (Lipinski definition) is 0. The van der Waals surface area contributed by atoms with Crippen LogP contribution in [0.1, 0.15) is 12.5 Å². The topological polar surface area (TPSA) is 82.1 Å². The Morgan fingerprint density at radius 3 is 2.53 bits per heavy atom. The Balaban J connectivity index is 1.89. The Morgan fingerprint density at radius 1 is 1.06 bits per heavy atom. The van der Waals surface area contributed by atoms with Crippen LogP contribution in [0.3, 0.4) is 0 Å². The van der Waals surface area contributed by atoms with Crippen molar-refractivity contribution in [2.24, 2.45) is 7.05 Å². The first-order chi connectivity index (χ1) is 15.1. The van der Waals surface area contributed by atoms with Crippen molar-refractivity contribution in [3.05, 3.63) is 54.2 Å². The zero-order chi connectivity index (χ0) is 22.8. The predicted octanol–water partition coefficient (Wildman–Crippen LogP) is 4.25. The van der Waals surface area contributed by atoms with Crippen molar-refractivity contribution >= 4 is 37.6 Å². The van der Waals surface area contributed by atoms with Crippen molar-refractivity contribution in [3.63, 3.8) is 0 Å². The lowest BCUT2D eigenvalue weighted by Crippen LogP contribution is -2.10. The fraction of sp³-hybridized carbons (Fsp3) is 0.190. The van der Waals surface area contributed by atoms with Crippen LogP contribution >= 0.6 is 0 Å². The number of aromatic nitrogens is 5. The summed E-state index contributed by atoms with van der Waals surface area (Å²) in [5, 5.41) is 0.763. The molecule has 4 heterocycles. The second-order valence-electron chi connectivity index (χ2n) is 7.31. The van der Waals surface area contributed by atoms with E-state index < -0.39 is 21.6 Å². The maximum atomic E-state index is 13.2. The molecule has 11 heteroatoms. The molecule has 0 unspecified atom stereocenters. The number of alkyl halides is 3. The van der Waals surface area contributed by atoms with E-state index in [9.17, 15) is 21.6 Å². The highest BCUT2D eigenvalue weighted by Gasteiger charge is 2.33. The van der Waals surface area contributed by atoms with Crippen molar-refractivity contribution in [1.82, 2.24) is 23.9 Å². The Labute approximate surface area is 180 Å². The van der Waals surface area contributed by atoms with Gasteiger partial charge in [0, 0.05) is 13.2 Å². The third-order valence-corrected chi connectivity index (χ3v) is 7.10. The normalized spacial score (nSPS) is 12.9. The minimum atomic E-state index is -4.57. The van der Waals surface area contributed by atoms with Crippen LogP contribution in [0.15, 0.2) is 53.7 Å². The Kier molecular flexibility index (Phi) is 4.32. The van der Waals surface area contributed by atoms with Crippen LogP contribution in [0, 0.1) is 0 Å². The second kappa shape index (κ2) is 6.76. The maximum absolute atomic E-state index is 13.2. The summed E-state index contributed by atoms with van der Waals surface area (Å²) in [5.41, 5.74) is 0.358. The van der Waals surface area contributed by atoms with E-state index >= 15 is 0 Å². The molecule has 1 aromatic carbocycles. The molecule has 0 aliphatic carbocycles. The van der Waals surface area contributed by atoms with Gasteiger partial charge < -0.3 is 4.57 Å². The van der Waals surface area contributed by atoms with Crippen molar-refractivity contribution in [3.8, 4) is 11.5 Å². The van der Waals surface area contributed by atoms with Crippen molar-refractivity contribution in [2.45, 2.75) is 18.1 Å². The zero-order valence-corrected chi connectivity index (χ0v) is 17.7. The number of pyridine rings is 2. The number of imidazole rings is 2. The first-order valence-corrected chi connectivity index (χ1v) is 11.3. The highest BCUT2D eigenvalue weighted by Crippen LogP contribution is 2.34. The Hall–Kier alpha value is -3.47. The van der Waals surface area contributed by atoms with E-state index in [4.69, 9.17) is 0 Å². The predicted molar refractivity (Wildman–Crippen MR) is 113 cm³/mol. The van der Waals surface area contributed by atoms with Gasteiger partial charge in [0.05, 0.1) is 16.8 Å². The lowest BCUT2D eigenvalue weighted by molar-refractivity contribution is -0.137. The number of hydrogen-bond acceptors (Lipinski definition) is 5. The highest BCUT2D eigenvalue weighted by molar-refractivity contribution is 7.91. The third-order valence-electron chi connectivity index (χ3n) is 5.37. The minimum Gasteiger partial charge on any atom is -0.310 e. The molecular formula is C21H16F3N5O2S. The average molecular weight is 459 g/mol. The molecule has 0 saturated carbocycles. The van der Waals surface area contributed by atoms with Gasteiger partial charge in [-0.25, -0.2) is 23.4 Å². The van der Waals surface area contributed by atoms with Gasteiger partial charge in [0.25, 0.3) is 0 Å². The van der Waals surface area contributed by atoms with E-state index in [0.29, 0.717) is 11.2 Å². The zero-order valence-electron chi connectivity index (χ0n) is 16.9. The highest BCUT2D eigenvalue weighted by atomic mass is 32.2. The summed E-state index contributed by atoms with van der Waals surface area (Å²) >= 11 is 0. The van der Waals surface area contributed by atoms with Crippen molar-refractivity contribution in [2.75, 3.05) is 5.75 Å². The summed E-state index contributed by atoms with van der Waals surface area (Å²) in [6, 6.07) is 11.7. The van der Waals surface area contributed by atoms with Gasteiger partial charge in [0.1, 0.15) is 16.9 Å². The van der Waals surface area contributed by atoms with Crippen LogP contribution in [0.4, 0.5) is 13.2 Å². The standard InChI is InChI=1S/C21H16F3N5O2S/c1-3-32(30,31)20-17(27-16-9-8-12-6-4-5-7-15(12)29(16)20)19-26-14-10-13(21(22,23)24)11-25-18(14)28(19)2/h4-11H,3H2,1-2H3. The van der Waals surface area contributed by atoms with Crippen LogP contribution in [0.5, 0.6) is 0 Å². The maximum Gasteiger partial charge on any atom is 0.417 e. The van der Waals surface area contributed by atoms with Crippen LogP contribution in [-0.2, 0) is 23.1 Å². The van der Waals surface area contributed by atoms with Crippen molar-refractivity contribution in [1.29, 1.82) is 0 Å². The summed E-state index contributed by atoms with van der Waals surface area (Å²) in [4.78, 5) is 12.7. The summed E-state index contributed by atoms with van der Waals surface area (Å²) in [5.74, 6) is -0.0659. The summed E-state index contributed by atoms with van der Waals surface area (Å²) in [6.07, 6.45) is -3.84. The first-order valence-electron chi connectivity index (χ1n) is 9.65. The van der Waals surface area contributed by atoms with Crippen LogP contribution in [-0.4, -0.2) is 38.1 Å². The van der Waals surface area contributed by atoms with Crippen LogP contribution < -0.4 is 0 Å². The summed E-state index contributed by atoms with van der Waals surface area (Å²) < 4.78 is 68.7. The van der Waals surface area contributed by atoms with Crippen molar-refractivity contribution < 1.29 is 21.6 Å². The van der Waals surface area contributed by atoms with E-state index in [1.165, 1.54) is 11.5 Å². The van der Waals surface area contributed by atoms with Crippen LogP contribution in [0.2, 0.25) is 0 Å². The van der Waals surface area contributed by atoms with Gasteiger partial charge in [0.2, 0.25) is 0 Å². The van der Waals surface area contributed by atoms with Crippen LogP contribution in [0.25, 0.3) is 39.2 Å². The molecule has 0 aliphatic rings. The number of sulfone groups is 1. The van der Waals surface area contributed by atoms with Gasteiger partial charge in [-0.1, -0.05) is 25.1 Å². The molecule has 0 atom stereocenters. The van der Waals surface area contributed by atoms with Gasteiger partial charge in [-0.15, -0.1) is 0 Å². The second-order valence-corrected chi connectivity index (χ2v) is 9.51. The number of para-hydroxylation sites is 1. The largest absolute Gasteiger partial charge is 0.417 e. The number of halogens is 3. The molecule has 5 rings (SSSR count). The van der Waals surface area contributed by atoms with E-state index in [1.54, 1.807) is 29.6 Å².